The summed E-state index contributed by atoms with van der Waals surface area (Å²) in [6.45, 7) is 3.18. The third kappa shape index (κ3) is 3.13. The summed E-state index contributed by atoms with van der Waals surface area (Å²) < 4.78 is 10.8. The fourth-order valence-corrected chi connectivity index (χ4v) is 3.27. The van der Waals surface area contributed by atoms with Crippen molar-refractivity contribution in [2.45, 2.75) is 19.4 Å². The van der Waals surface area contributed by atoms with Crippen molar-refractivity contribution in [3.63, 3.8) is 0 Å². The Kier molecular flexibility index (Phi) is 4.19. The SMILES string of the molecule is Cc1noc(C2COCCN2C(=O)Cc2cccc3ccccc23)n1. The van der Waals surface area contributed by atoms with Crippen LogP contribution in [0.1, 0.15) is 23.3 Å². The molecule has 0 spiro atoms. The number of ether oxygens (including phenoxy) is 1. The molecule has 25 heavy (non-hydrogen) atoms. The molecule has 0 bridgehead atoms. The standard InChI is InChI=1S/C19H19N3O3/c1-13-20-19(25-21-13)17-12-24-10-9-22(17)18(23)11-15-7-4-6-14-5-2-3-8-16(14)15/h2-8,17H,9-12H2,1H3. The van der Waals surface area contributed by atoms with Crippen molar-refractivity contribution in [2.75, 3.05) is 19.8 Å². The van der Waals surface area contributed by atoms with Crippen LogP contribution in [0, 0.1) is 6.92 Å². The molecule has 6 nitrogen and oxygen atoms in total. The van der Waals surface area contributed by atoms with Crippen LogP contribution < -0.4 is 0 Å². The number of aromatic nitrogens is 2. The van der Waals surface area contributed by atoms with E-state index < -0.39 is 0 Å². The Balaban J connectivity index is 1.60. The van der Waals surface area contributed by atoms with Crippen LogP contribution in [0.5, 0.6) is 0 Å². The number of morpholine rings is 1. The van der Waals surface area contributed by atoms with Gasteiger partial charge in [0.1, 0.15) is 6.04 Å². The highest BCUT2D eigenvalue weighted by atomic mass is 16.5. The van der Waals surface area contributed by atoms with E-state index in [1.165, 1.54) is 0 Å². The Hall–Kier alpha value is -2.73. The summed E-state index contributed by atoms with van der Waals surface area (Å²) in [4.78, 5) is 19.0. The topological polar surface area (TPSA) is 68.5 Å². The minimum Gasteiger partial charge on any atom is -0.377 e. The second kappa shape index (κ2) is 6.64. The van der Waals surface area contributed by atoms with Gasteiger partial charge in [-0.3, -0.25) is 4.79 Å². The molecular weight excluding hydrogens is 318 g/mol. The van der Waals surface area contributed by atoms with Crippen LogP contribution >= 0.6 is 0 Å². The van der Waals surface area contributed by atoms with Crippen molar-refractivity contribution in [2.24, 2.45) is 0 Å². The zero-order valence-electron chi connectivity index (χ0n) is 14.0. The Bertz CT molecular complexity index is 900. The molecule has 1 aliphatic heterocycles. The zero-order chi connectivity index (χ0) is 17.2. The van der Waals surface area contributed by atoms with Crippen molar-refractivity contribution in [3.05, 3.63) is 59.7 Å². The molecule has 0 saturated carbocycles. The third-order valence-electron chi connectivity index (χ3n) is 4.50. The van der Waals surface area contributed by atoms with Crippen LogP contribution in [0.2, 0.25) is 0 Å². The second-order valence-corrected chi connectivity index (χ2v) is 6.17. The Labute approximate surface area is 145 Å². The van der Waals surface area contributed by atoms with Gasteiger partial charge in [-0.1, -0.05) is 47.6 Å². The molecule has 2 aromatic carbocycles. The van der Waals surface area contributed by atoms with Gasteiger partial charge in [0.25, 0.3) is 5.89 Å². The maximum Gasteiger partial charge on any atom is 0.251 e. The summed E-state index contributed by atoms with van der Waals surface area (Å²) in [7, 11) is 0. The first kappa shape index (κ1) is 15.8. The molecule has 1 amide bonds. The van der Waals surface area contributed by atoms with Crippen LogP contribution in [0.15, 0.2) is 47.0 Å². The number of benzene rings is 2. The van der Waals surface area contributed by atoms with Gasteiger partial charge in [-0.2, -0.15) is 4.98 Å². The van der Waals surface area contributed by atoms with Crippen LogP contribution in [0.4, 0.5) is 0 Å². The monoisotopic (exact) mass is 337 g/mol. The van der Waals surface area contributed by atoms with Gasteiger partial charge in [0.05, 0.1) is 19.6 Å². The molecule has 0 N–H and O–H groups in total. The van der Waals surface area contributed by atoms with E-state index in [9.17, 15) is 4.79 Å². The van der Waals surface area contributed by atoms with E-state index in [1.54, 1.807) is 11.8 Å². The Morgan fingerprint density at radius 1 is 1.24 bits per heavy atom. The van der Waals surface area contributed by atoms with Gasteiger partial charge in [-0.15, -0.1) is 0 Å². The van der Waals surface area contributed by atoms with Gasteiger partial charge in [0.15, 0.2) is 5.82 Å². The lowest BCUT2D eigenvalue weighted by molar-refractivity contribution is -0.140. The number of nitrogens with zero attached hydrogens (tertiary/aromatic N) is 3. The fraction of sp³-hybridized carbons (Fsp3) is 0.316. The van der Waals surface area contributed by atoms with E-state index in [1.807, 2.05) is 24.3 Å². The number of hydrogen-bond donors (Lipinski definition) is 0. The highest BCUT2D eigenvalue weighted by Crippen LogP contribution is 2.25. The molecule has 6 heteroatoms. The van der Waals surface area contributed by atoms with E-state index in [-0.39, 0.29) is 11.9 Å². The average Bonchev–Trinajstić information content (AvgIpc) is 3.08. The predicted molar refractivity (Wildman–Crippen MR) is 92.0 cm³/mol. The van der Waals surface area contributed by atoms with Gasteiger partial charge >= 0.3 is 0 Å². The predicted octanol–water partition coefficient (Wildman–Crippen LogP) is 2.67. The molecule has 128 valence electrons. The minimum atomic E-state index is -0.322. The summed E-state index contributed by atoms with van der Waals surface area (Å²) in [5, 5.41) is 6.08. The van der Waals surface area contributed by atoms with Crippen LogP contribution in [0.25, 0.3) is 10.8 Å². The number of amides is 1. The molecule has 2 heterocycles. The van der Waals surface area contributed by atoms with Crippen molar-refractivity contribution in [1.82, 2.24) is 15.0 Å². The number of hydrogen-bond acceptors (Lipinski definition) is 5. The summed E-state index contributed by atoms with van der Waals surface area (Å²) in [6.07, 6.45) is 0.338. The molecule has 1 atom stereocenters. The number of aryl methyl sites for hydroxylation is 1. The number of carbonyl (C=O) groups excluding carboxylic acids is 1. The van der Waals surface area contributed by atoms with E-state index >= 15 is 0 Å². The summed E-state index contributed by atoms with van der Waals surface area (Å²) >= 11 is 0. The average molecular weight is 337 g/mol. The molecule has 1 aromatic heterocycles. The first-order chi connectivity index (χ1) is 12.2. The number of carbonyl (C=O) groups is 1. The summed E-state index contributed by atoms with van der Waals surface area (Å²) in [5.41, 5.74) is 1.02. The zero-order valence-corrected chi connectivity index (χ0v) is 14.0. The van der Waals surface area contributed by atoms with E-state index in [0.29, 0.717) is 37.9 Å². The fourth-order valence-electron chi connectivity index (χ4n) is 3.27. The Morgan fingerprint density at radius 3 is 2.92 bits per heavy atom. The first-order valence-electron chi connectivity index (χ1n) is 8.36. The molecule has 4 rings (SSSR count). The molecule has 3 aromatic rings. The van der Waals surface area contributed by atoms with Gasteiger partial charge in [-0.05, 0) is 23.3 Å². The maximum absolute atomic E-state index is 13.0. The normalized spacial score (nSPS) is 17.8. The highest BCUT2D eigenvalue weighted by Gasteiger charge is 2.32. The largest absolute Gasteiger partial charge is 0.377 e. The van der Waals surface area contributed by atoms with Crippen LogP contribution in [-0.2, 0) is 16.0 Å². The van der Waals surface area contributed by atoms with Crippen LogP contribution in [-0.4, -0.2) is 40.7 Å². The minimum absolute atomic E-state index is 0.0421. The maximum atomic E-state index is 13.0. The number of fused-ring (bicyclic) bond motifs is 1. The number of rotatable bonds is 3. The lowest BCUT2D eigenvalue weighted by Gasteiger charge is -2.33. The van der Waals surface area contributed by atoms with Crippen molar-refractivity contribution < 1.29 is 14.1 Å². The lowest BCUT2D eigenvalue weighted by atomic mass is 10.0. The molecular formula is C19H19N3O3. The highest BCUT2D eigenvalue weighted by molar-refractivity contribution is 5.90. The molecule has 1 unspecified atom stereocenters. The molecule has 1 aliphatic rings. The quantitative estimate of drug-likeness (QED) is 0.735. The van der Waals surface area contributed by atoms with E-state index in [4.69, 9.17) is 9.26 Å². The second-order valence-electron chi connectivity index (χ2n) is 6.17. The smallest absolute Gasteiger partial charge is 0.251 e. The third-order valence-corrected chi connectivity index (χ3v) is 4.50. The van der Waals surface area contributed by atoms with Crippen LogP contribution in [0.3, 0.4) is 0 Å². The molecule has 0 aliphatic carbocycles. The van der Waals surface area contributed by atoms with E-state index in [0.717, 1.165) is 16.3 Å². The molecule has 1 fully saturated rings. The van der Waals surface area contributed by atoms with Gasteiger partial charge in [0.2, 0.25) is 5.91 Å². The molecule has 1 saturated heterocycles. The van der Waals surface area contributed by atoms with Crippen molar-refractivity contribution in [3.8, 4) is 0 Å². The molecule has 0 radical (unpaired) electrons. The Morgan fingerprint density at radius 2 is 2.08 bits per heavy atom. The van der Waals surface area contributed by atoms with Gasteiger partial charge in [-0.25, -0.2) is 0 Å². The van der Waals surface area contributed by atoms with Crippen molar-refractivity contribution in [1.29, 1.82) is 0 Å². The van der Waals surface area contributed by atoms with Gasteiger partial charge < -0.3 is 14.2 Å². The van der Waals surface area contributed by atoms with E-state index in [2.05, 4.69) is 28.3 Å². The lowest BCUT2D eigenvalue weighted by Crippen LogP contribution is -2.44. The van der Waals surface area contributed by atoms with Gasteiger partial charge in [0, 0.05) is 6.54 Å². The summed E-state index contributed by atoms with van der Waals surface area (Å²) in [6, 6.07) is 13.8. The first-order valence-corrected chi connectivity index (χ1v) is 8.36. The van der Waals surface area contributed by atoms with Crippen molar-refractivity contribution >= 4 is 16.7 Å². The summed E-state index contributed by atoms with van der Waals surface area (Å²) in [5.74, 6) is 1.03.